The molecule has 2 aromatic rings. The lowest BCUT2D eigenvalue weighted by Gasteiger charge is -2.05. The minimum absolute atomic E-state index is 0.0618. The SMILES string of the molecule is O=C(CNC(=O)c1ccco1)NCCc1ccc(Br)s1. The number of hydrogen-bond donors (Lipinski definition) is 2. The zero-order valence-corrected chi connectivity index (χ0v) is 12.9. The van der Waals surface area contributed by atoms with Gasteiger partial charge in [-0.3, -0.25) is 9.59 Å². The van der Waals surface area contributed by atoms with Gasteiger partial charge in [-0.05, 0) is 46.6 Å². The molecule has 0 aromatic carbocycles. The number of nitrogens with one attached hydrogen (secondary N) is 2. The van der Waals surface area contributed by atoms with Crippen LogP contribution in [-0.2, 0) is 11.2 Å². The van der Waals surface area contributed by atoms with Gasteiger partial charge in [0.2, 0.25) is 5.91 Å². The van der Waals surface area contributed by atoms with Crippen LogP contribution in [0.15, 0.2) is 38.7 Å². The van der Waals surface area contributed by atoms with E-state index in [2.05, 4.69) is 26.6 Å². The van der Waals surface area contributed by atoms with E-state index < -0.39 is 5.91 Å². The van der Waals surface area contributed by atoms with E-state index in [9.17, 15) is 9.59 Å². The monoisotopic (exact) mass is 356 g/mol. The van der Waals surface area contributed by atoms with E-state index in [0.717, 1.165) is 10.2 Å². The first-order chi connectivity index (χ1) is 9.65. The van der Waals surface area contributed by atoms with Crippen LogP contribution in [0.1, 0.15) is 15.4 Å². The van der Waals surface area contributed by atoms with Crippen LogP contribution in [0.4, 0.5) is 0 Å². The quantitative estimate of drug-likeness (QED) is 0.833. The average Bonchev–Trinajstić information content (AvgIpc) is 3.07. The average molecular weight is 357 g/mol. The summed E-state index contributed by atoms with van der Waals surface area (Å²) in [6, 6.07) is 7.15. The predicted octanol–water partition coefficient (Wildman–Crippen LogP) is 2.19. The molecule has 2 rings (SSSR count). The number of carbonyl (C=O) groups excluding carboxylic acids is 2. The molecule has 106 valence electrons. The highest BCUT2D eigenvalue weighted by Crippen LogP contribution is 2.21. The van der Waals surface area contributed by atoms with Crippen molar-refractivity contribution >= 4 is 39.1 Å². The minimum Gasteiger partial charge on any atom is -0.459 e. The van der Waals surface area contributed by atoms with Crippen molar-refractivity contribution in [1.82, 2.24) is 10.6 Å². The molecule has 2 aromatic heterocycles. The van der Waals surface area contributed by atoms with Gasteiger partial charge in [0.15, 0.2) is 5.76 Å². The van der Waals surface area contributed by atoms with Gasteiger partial charge in [-0.2, -0.15) is 0 Å². The Bertz CT molecular complexity index is 580. The summed E-state index contributed by atoms with van der Waals surface area (Å²) in [5, 5.41) is 5.24. The number of furan rings is 1. The molecule has 0 aliphatic carbocycles. The second-order valence-electron chi connectivity index (χ2n) is 3.97. The maximum absolute atomic E-state index is 11.6. The Morgan fingerprint density at radius 2 is 2.10 bits per heavy atom. The molecule has 0 bridgehead atoms. The van der Waals surface area contributed by atoms with E-state index in [-0.39, 0.29) is 18.2 Å². The Morgan fingerprint density at radius 1 is 1.25 bits per heavy atom. The Kier molecular flexibility index (Phi) is 5.37. The summed E-state index contributed by atoms with van der Waals surface area (Å²) >= 11 is 5.03. The molecule has 0 fully saturated rings. The second-order valence-corrected chi connectivity index (χ2v) is 6.51. The van der Waals surface area contributed by atoms with Crippen LogP contribution in [-0.4, -0.2) is 24.9 Å². The summed E-state index contributed by atoms with van der Waals surface area (Å²) in [4.78, 5) is 24.3. The summed E-state index contributed by atoms with van der Waals surface area (Å²) < 4.78 is 6.00. The van der Waals surface area contributed by atoms with Crippen LogP contribution >= 0.6 is 27.3 Å². The van der Waals surface area contributed by atoms with Gasteiger partial charge in [0.25, 0.3) is 5.91 Å². The van der Waals surface area contributed by atoms with E-state index in [4.69, 9.17) is 4.42 Å². The molecule has 2 N–H and O–H groups in total. The van der Waals surface area contributed by atoms with Crippen LogP contribution in [0.5, 0.6) is 0 Å². The van der Waals surface area contributed by atoms with E-state index in [1.165, 1.54) is 11.1 Å². The summed E-state index contributed by atoms with van der Waals surface area (Å²) in [5.74, 6) is -0.422. The Balaban J connectivity index is 1.64. The van der Waals surface area contributed by atoms with Crippen molar-refractivity contribution < 1.29 is 14.0 Å². The van der Waals surface area contributed by atoms with Crippen LogP contribution in [0.2, 0.25) is 0 Å². The smallest absolute Gasteiger partial charge is 0.287 e. The standard InChI is InChI=1S/C13H13BrN2O3S/c14-11-4-3-9(20-11)5-6-15-12(17)8-16-13(18)10-2-1-7-19-10/h1-4,7H,5-6,8H2,(H,15,17)(H,16,18). The third-order valence-electron chi connectivity index (χ3n) is 2.48. The van der Waals surface area contributed by atoms with E-state index in [1.54, 1.807) is 23.5 Å². The minimum atomic E-state index is -0.396. The zero-order chi connectivity index (χ0) is 14.4. The molecule has 0 atom stereocenters. The normalized spacial score (nSPS) is 10.2. The van der Waals surface area contributed by atoms with Crippen molar-refractivity contribution in [2.24, 2.45) is 0 Å². The Morgan fingerprint density at radius 3 is 2.75 bits per heavy atom. The fraction of sp³-hybridized carbons (Fsp3) is 0.231. The molecule has 7 heteroatoms. The lowest BCUT2D eigenvalue weighted by Crippen LogP contribution is -2.37. The first-order valence-corrected chi connectivity index (χ1v) is 7.59. The lowest BCUT2D eigenvalue weighted by atomic mass is 10.3. The number of thiophene rings is 1. The number of rotatable bonds is 6. The van der Waals surface area contributed by atoms with Crippen molar-refractivity contribution in [3.05, 3.63) is 45.0 Å². The van der Waals surface area contributed by atoms with Gasteiger partial charge >= 0.3 is 0 Å². The Hall–Kier alpha value is -1.60. The number of halogens is 1. The summed E-state index contributed by atoms with van der Waals surface area (Å²) in [6.45, 7) is 0.482. The zero-order valence-electron chi connectivity index (χ0n) is 10.5. The Labute approximate surface area is 128 Å². The molecular formula is C13H13BrN2O3S. The number of amides is 2. The van der Waals surface area contributed by atoms with Crippen molar-refractivity contribution in [1.29, 1.82) is 0 Å². The van der Waals surface area contributed by atoms with Crippen molar-refractivity contribution in [2.75, 3.05) is 13.1 Å². The molecule has 0 unspecified atom stereocenters. The van der Waals surface area contributed by atoms with Crippen LogP contribution in [0.25, 0.3) is 0 Å². The molecule has 0 aliphatic rings. The third kappa shape index (κ3) is 4.50. The van der Waals surface area contributed by atoms with Crippen LogP contribution in [0.3, 0.4) is 0 Å². The molecular weight excluding hydrogens is 344 g/mol. The topological polar surface area (TPSA) is 71.3 Å². The maximum atomic E-state index is 11.6. The van der Waals surface area contributed by atoms with Gasteiger partial charge in [-0.1, -0.05) is 0 Å². The summed E-state index contributed by atoms with van der Waals surface area (Å²) in [7, 11) is 0. The van der Waals surface area contributed by atoms with Gasteiger partial charge in [-0.15, -0.1) is 11.3 Å². The van der Waals surface area contributed by atoms with E-state index in [0.29, 0.717) is 6.54 Å². The van der Waals surface area contributed by atoms with Gasteiger partial charge in [0.1, 0.15) is 0 Å². The maximum Gasteiger partial charge on any atom is 0.287 e. The highest BCUT2D eigenvalue weighted by Gasteiger charge is 2.09. The molecule has 20 heavy (non-hydrogen) atoms. The predicted molar refractivity (Wildman–Crippen MR) is 79.8 cm³/mol. The molecule has 0 saturated carbocycles. The van der Waals surface area contributed by atoms with Crippen molar-refractivity contribution in [2.45, 2.75) is 6.42 Å². The second kappa shape index (κ2) is 7.25. The molecule has 2 amide bonds. The number of carbonyl (C=O) groups is 2. The van der Waals surface area contributed by atoms with Crippen LogP contribution < -0.4 is 10.6 Å². The van der Waals surface area contributed by atoms with Crippen molar-refractivity contribution in [3.63, 3.8) is 0 Å². The first-order valence-electron chi connectivity index (χ1n) is 5.98. The summed E-state index contributed by atoms with van der Waals surface area (Å²) in [5.41, 5.74) is 0. The fourth-order valence-corrected chi connectivity index (χ4v) is 3.01. The molecule has 0 aliphatic heterocycles. The molecule has 0 saturated heterocycles. The molecule has 5 nitrogen and oxygen atoms in total. The third-order valence-corrected chi connectivity index (χ3v) is 4.16. The fourth-order valence-electron chi connectivity index (χ4n) is 1.53. The van der Waals surface area contributed by atoms with E-state index >= 15 is 0 Å². The molecule has 0 spiro atoms. The molecule has 2 heterocycles. The highest BCUT2D eigenvalue weighted by molar-refractivity contribution is 9.11. The highest BCUT2D eigenvalue weighted by atomic mass is 79.9. The van der Waals surface area contributed by atoms with Crippen LogP contribution in [0, 0.1) is 0 Å². The first kappa shape index (κ1) is 14.8. The van der Waals surface area contributed by atoms with E-state index in [1.807, 2.05) is 12.1 Å². The lowest BCUT2D eigenvalue weighted by molar-refractivity contribution is -0.120. The number of hydrogen-bond acceptors (Lipinski definition) is 4. The summed E-state index contributed by atoms with van der Waals surface area (Å²) in [6.07, 6.45) is 2.18. The largest absolute Gasteiger partial charge is 0.459 e. The van der Waals surface area contributed by atoms with Crippen molar-refractivity contribution in [3.8, 4) is 0 Å². The van der Waals surface area contributed by atoms with Gasteiger partial charge in [0.05, 0.1) is 16.6 Å². The molecule has 0 radical (unpaired) electrons. The van der Waals surface area contributed by atoms with Gasteiger partial charge in [0, 0.05) is 11.4 Å². The van der Waals surface area contributed by atoms with Gasteiger partial charge < -0.3 is 15.1 Å². The van der Waals surface area contributed by atoms with Gasteiger partial charge in [-0.25, -0.2) is 0 Å².